The Morgan fingerprint density at radius 2 is 0.967 bits per heavy atom. The molecule has 60 heavy (non-hydrogen) atoms. The molecule has 1 heterocycles. The predicted octanol–water partition coefficient (Wildman–Crippen LogP) is -4.11. The van der Waals surface area contributed by atoms with Crippen molar-refractivity contribution < 1.29 is 58.8 Å². The summed E-state index contributed by atoms with van der Waals surface area (Å²) >= 11 is 5.28. The summed E-state index contributed by atoms with van der Waals surface area (Å²) in [6, 6.07) is 6.73. The quantitative estimate of drug-likeness (QED) is 0.0555. The molecule has 0 radical (unpaired) electrons. The monoisotopic (exact) mass is 869 g/mol. The van der Waals surface area contributed by atoms with Gasteiger partial charge in [-0.05, 0) is 49.8 Å². The first kappa shape index (κ1) is 52.5. The molecule has 24 heteroatoms. The molecule has 1 fully saturated rings. The van der Waals surface area contributed by atoms with Gasteiger partial charge in [-0.2, -0.15) is 0 Å². The third-order valence-electron chi connectivity index (χ3n) is 8.37. The number of benzene rings is 1. The normalized spacial score (nSPS) is 15.6. The number of hydrogen-bond acceptors (Lipinski definition) is 14. The molecule has 12 N–H and O–H groups in total. The zero-order valence-corrected chi connectivity index (χ0v) is 34.8. The second-order valence-electron chi connectivity index (χ2n) is 13.4. The Morgan fingerprint density at radius 3 is 1.37 bits per heavy atom. The predicted molar refractivity (Wildman–Crippen MR) is 222 cm³/mol. The highest BCUT2D eigenvalue weighted by molar-refractivity contribution is 7.80. The van der Waals surface area contributed by atoms with Crippen LogP contribution in [0.5, 0.6) is 0 Å². The molecule has 1 aliphatic rings. The van der Waals surface area contributed by atoms with E-state index in [2.05, 4.69) is 31.9 Å². The van der Waals surface area contributed by atoms with Crippen molar-refractivity contribution in [2.24, 2.45) is 5.73 Å². The molecule has 1 atom stereocenters. The number of aliphatic carboxylic acids is 4. The van der Waals surface area contributed by atoms with Crippen LogP contribution in [0.15, 0.2) is 24.3 Å². The molecule has 0 saturated carbocycles. The number of carbonyl (C=O) groups excluding carboxylic acids is 4. The number of hydrogen-bond donors (Lipinski definition) is 11. The minimum atomic E-state index is -1.26. The molecule has 23 nitrogen and oxygen atoms in total. The number of nitrogens with one attached hydrogen (secondary N) is 6. The number of rotatable bonds is 20. The number of anilines is 1. The first-order valence-corrected chi connectivity index (χ1v) is 19.5. The van der Waals surface area contributed by atoms with Gasteiger partial charge in [-0.15, -0.1) is 0 Å². The van der Waals surface area contributed by atoms with Crippen molar-refractivity contribution in [2.45, 2.75) is 26.3 Å². The van der Waals surface area contributed by atoms with Gasteiger partial charge in [0.1, 0.15) is 26.2 Å². The Hall–Kier alpha value is -5.53. The lowest BCUT2D eigenvalue weighted by atomic mass is 10.0. The largest absolute Gasteiger partial charge is 0.480 e. The fourth-order valence-electron chi connectivity index (χ4n) is 5.65. The van der Waals surface area contributed by atoms with Gasteiger partial charge in [-0.1, -0.05) is 19.1 Å². The van der Waals surface area contributed by atoms with Crippen molar-refractivity contribution >= 4 is 70.5 Å². The molecule has 1 aromatic carbocycles. The molecule has 0 unspecified atom stereocenters. The number of thiocarbonyl (C=S) groups is 1. The van der Waals surface area contributed by atoms with E-state index in [-0.39, 0.29) is 78.4 Å². The SMILES string of the molecule is CCN.CCNC(=S)Nc1ccc(C[C@H]2CN(CC(=O)NCC(=O)O)CCN(CC(=O)NCC(=O)O)CCN(CC(=O)NCC(=O)O)CCN2CC(=O)NCC(=O)O)cc1. The molecule has 2 rings (SSSR count). The Labute approximate surface area is 353 Å². The number of carboxylic acids is 4. The van der Waals surface area contributed by atoms with Crippen LogP contribution in [0.3, 0.4) is 0 Å². The summed E-state index contributed by atoms with van der Waals surface area (Å²) in [7, 11) is 0. The lowest BCUT2D eigenvalue weighted by molar-refractivity contribution is -0.138. The highest BCUT2D eigenvalue weighted by Gasteiger charge is 2.28. The van der Waals surface area contributed by atoms with Crippen molar-refractivity contribution in [3.63, 3.8) is 0 Å². The minimum Gasteiger partial charge on any atom is -0.480 e. The van der Waals surface area contributed by atoms with E-state index in [0.29, 0.717) is 17.3 Å². The van der Waals surface area contributed by atoms with Gasteiger partial charge in [0.25, 0.3) is 0 Å². The average Bonchev–Trinajstić information content (AvgIpc) is 3.17. The van der Waals surface area contributed by atoms with Crippen molar-refractivity contribution in [1.82, 2.24) is 46.2 Å². The molecule has 1 aliphatic heterocycles. The van der Waals surface area contributed by atoms with E-state index >= 15 is 0 Å². The lowest BCUT2D eigenvalue weighted by Gasteiger charge is -2.38. The second-order valence-corrected chi connectivity index (χ2v) is 13.8. The molecule has 1 saturated heterocycles. The first-order valence-electron chi connectivity index (χ1n) is 19.1. The number of carboxylic acid groups (broad SMARTS) is 4. The zero-order valence-electron chi connectivity index (χ0n) is 33.9. The Balaban J connectivity index is 0.00000581. The van der Waals surface area contributed by atoms with Crippen molar-refractivity contribution in [3.8, 4) is 0 Å². The molecular weight excluding hydrogens is 811 g/mol. The van der Waals surface area contributed by atoms with Crippen LogP contribution in [-0.4, -0.2) is 210 Å². The van der Waals surface area contributed by atoms with Crippen molar-refractivity contribution in [3.05, 3.63) is 29.8 Å². The Kier molecular flexibility index (Phi) is 25.9. The van der Waals surface area contributed by atoms with Gasteiger partial charge in [0, 0.05) is 64.1 Å². The first-order chi connectivity index (χ1) is 28.4. The summed E-state index contributed by atoms with van der Waals surface area (Å²) in [4.78, 5) is 103. The van der Waals surface area contributed by atoms with Crippen LogP contribution in [-0.2, 0) is 44.8 Å². The van der Waals surface area contributed by atoms with E-state index in [1.54, 1.807) is 31.7 Å². The standard InChI is InChI=1S/C34H52N10O12S.C2H7N/c1-2-35-34(57)40-24-5-3-23(4-6-24)13-25-18-43(21-28(47)38-16-32(53)54)10-9-41(19-26(45)36-14-30(49)50)7-8-42(20-27(46)37-15-31(51)52)11-12-44(25)22-29(48)39-17-33(55)56;1-2-3/h3-6,25H,2,7-22H2,1H3,(H,36,45)(H,37,46)(H,38,47)(H,39,48)(H,49,50)(H,51,52)(H,53,54)(H,55,56)(H2,35,40,57);2-3H2,1H3/t25-;/m0./s1. The number of nitrogens with zero attached hydrogens (tertiary/aromatic N) is 4. The minimum absolute atomic E-state index is 0.107. The van der Waals surface area contributed by atoms with Gasteiger partial charge in [0.2, 0.25) is 23.6 Å². The van der Waals surface area contributed by atoms with Crippen LogP contribution in [0, 0.1) is 0 Å². The van der Waals surface area contributed by atoms with Crippen LogP contribution >= 0.6 is 12.2 Å². The number of amides is 4. The molecule has 4 amide bonds. The molecular formula is C36H59N11O12S. The van der Waals surface area contributed by atoms with E-state index in [0.717, 1.165) is 12.1 Å². The fourth-order valence-corrected chi connectivity index (χ4v) is 5.92. The van der Waals surface area contributed by atoms with Crippen molar-refractivity contribution in [2.75, 3.05) is 117 Å². The van der Waals surface area contributed by atoms with Crippen molar-refractivity contribution in [1.29, 1.82) is 0 Å². The maximum atomic E-state index is 13.2. The van der Waals surface area contributed by atoms with Crippen LogP contribution in [0.25, 0.3) is 0 Å². The number of carbonyl (C=O) groups is 8. The van der Waals surface area contributed by atoms with Gasteiger partial charge >= 0.3 is 23.9 Å². The van der Waals surface area contributed by atoms with Crippen LogP contribution in [0.4, 0.5) is 5.69 Å². The highest BCUT2D eigenvalue weighted by Crippen LogP contribution is 2.16. The maximum absolute atomic E-state index is 13.2. The molecule has 336 valence electrons. The summed E-state index contributed by atoms with van der Waals surface area (Å²) in [6.45, 7) is 2.54. The maximum Gasteiger partial charge on any atom is 0.322 e. The van der Waals surface area contributed by atoms with Gasteiger partial charge in [0.05, 0.1) is 26.2 Å². The fraction of sp³-hybridized carbons (Fsp3) is 0.583. The third kappa shape index (κ3) is 25.1. The Morgan fingerprint density at radius 1 is 0.600 bits per heavy atom. The summed E-state index contributed by atoms with van der Waals surface area (Å²) in [5, 5.41) is 52.3. The second kappa shape index (κ2) is 29.6. The number of nitrogens with two attached hydrogens (primary N) is 1. The van der Waals surface area contributed by atoms with Crippen LogP contribution < -0.4 is 37.6 Å². The van der Waals surface area contributed by atoms with Gasteiger partial charge in [0.15, 0.2) is 5.11 Å². The summed E-state index contributed by atoms with van der Waals surface area (Å²) in [6.07, 6.45) is 0.289. The van der Waals surface area contributed by atoms with E-state index in [1.165, 1.54) is 0 Å². The topological polar surface area (TPSA) is 329 Å². The van der Waals surface area contributed by atoms with Gasteiger partial charge in [-0.25, -0.2) is 0 Å². The van der Waals surface area contributed by atoms with E-state index in [1.807, 2.05) is 26.0 Å². The third-order valence-corrected chi connectivity index (χ3v) is 8.62. The van der Waals surface area contributed by atoms with E-state index < -0.39 is 79.7 Å². The molecule has 1 aromatic rings. The lowest BCUT2D eigenvalue weighted by Crippen LogP contribution is -2.55. The smallest absolute Gasteiger partial charge is 0.322 e. The highest BCUT2D eigenvalue weighted by atomic mass is 32.1. The average molecular weight is 870 g/mol. The van der Waals surface area contributed by atoms with Gasteiger partial charge in [-0.3, -0.25) is 58.0 Å². The molecule has 0 bridgehead atoms. The summed E-state index contributed by atoms with van der Waals surface area (Å²) < 4.78 is 0. The van der Waals surface area contributed by atoms with E-state index in [9.17, 15) is 43.5 Å². The van der Waals surface area contributed by atoms with Gasteiger partial charge < -0.3 is 58.1 Å². The molecule has 0 spiro atoms. The Bertz CT molecular complexity index is 1590. The summed E-state index contributed by atoms with van der Waals surface area (Å²) in [5.41, 5.74) is 6.36. The molecule has 0 aliphatic carbocycles. The molecule has 0 aromatic heterocycles. The summed E-state index contributed by atoms with van der Waals surface area (Å²) in [5.74, 6) is -7.41. The van der Waals surface area contributed by atoms with Crippen LogP contribution in [0.2, 0.25) is 0 Å². The zero-order chi connectivity index (χ0) is 45.0. The van der Waals surface area contributed by atoms with E-state index in [4.69, 9.17) is 33.3 Å². The van der Waals surface area contributed by atoms with Crippen LogP contribution in [0.1, 0.15) is 19.4 Å².